The van der Waals surface area contributed by atoms with Crippen molar-refractivity contribution in [2.75, 3.05) is 32.7 Å². The van der Waals surface area contributed by atoms with Crippen LogP contribution in [-0.4, -0.2) is 55.5 Å². The Morgan fingerprint density at radius 1 is 1.19 bits per heavy atom. The van der Waals surface area contributed by atoms with E-state index in [0.717, 1.165) is 24.9 Å². The monoisotopic (exact) mass is 381 g/mol. The molecule has 0 atom stereocenters. The van der Waals surface area contributed by atoms with Crippen molar-refractivity contribution in [2.45, 2.75) is 31.6 Å². The summed E-state index contributed by atoms with van der Waals surface area (Å²) in [6, 6.07) is 6.66. The molecule has 0 bridgehead atoms. The van der Waals surface area contributed by atoms with Crippen molar-refractivity contribution < 1.29 is 17.3 Å². The van der Waals surface area contributed by atoms with Gasteiger partial charge in [0.05, 0.1) is 0 Å². The molecule has 0 unspecified atom stereocenters. The van der Waals surface area contributed by atoms with E-state index >= 15 is 0 Å². The first kappa shape index (κ1) is 19.0. The van der Waals surface area contributed by atoms with Gasteiger partial charge in [-0.2, -0.15) is 4.31 Å². The van der Waals surface area contributed by atoms with E-state index in [-0.39, 0.29) is 10.7 Å². The minimum atomic E-state index is -3.56. The minimum absolute atomic E-state index is 0.192. The number of aryl methyl sites for hydroxylation is 3. The lowest BCUT2D eigenvalue weighted by Crippen LogP contribution is -2.48. The summed E-state index contributed by atoms with van der Waals surface area (Å²) < 4.78 is 45.3. The summed E-state index contributed by atoms with van der Waals surface area (Å²) in [5, 5.41) is 3.75. The van der Waals surface area contributed by atoms with E-state index in [9.17, 15) is 12.8 Å². The zero-order valence-electron chi connectivity index (χ0n) is 15.1. The molecule has 1 aliphatic heterocycles. The normalized spacial score (nSPS) is 16.9. The molecule has 0 N–H and O–H groups in total. The molecule has 1 aliphatic rings. The highest BCUT2D eigenvalue weighted by Gasteiger charge is 2.33. The van der Waals surface area contributed by atoms with Gasteiger partial charge in [-0.05, 0) is 50.9 Å². The third-order valence-electron chi connectivity index (χ3n) is 4.73. The molecule has 0 aliphatic carbocycles. The lowest BCUT2D eigenvalue weighted by molar-refractivity contribution is 0.186. The van der Waals surface area contributed by atoms with Crippen LogP contribution >= 0.6 is 0 Å². The summed E-state index contributed by atoms with van der Waals surface area (Å²) in [6.45, 7) is 6.41. The second-order valence-corrected chi connectivity index (χ2v) is 8.51. The van der Waals surface area contributed by atoms with Gasteiger partial charge < -0.3 is 9.42 Å². The number of hydrogen-bond acceptors (Lipinski definition) is 5. The zero-order valence-corrected chi connectivity index (χ0v) is 15.9. The van der Waals surface area contributed by atoms with Crippen LogP contribution in [-0.2, 0) is 16.4 Å². The summed E-state index contributed by atoms with van der Waals surface area (Å²) >= 11 is 0. The number of aromatic nitrogens is 1. The quantitative estimate of drug-likeness (QED) is 0.769. The van der Waals surface area contributed by atoms with Gasteiger partial charge in [-0.3, -0.25) is 0 Å². The highest BCUT2D eigenvalue weighted by molar-refractivity contribution is 7.89. The fraction of sp³-hybridized carbons (Fsp3) is 0.500. The molecule has 1 fully saturated rings. The van der Waals surface area contributed by atoms with E-state index in [1.165, 1.54) is 10.4 Å². The van der Waals surface area contributed by atoms with Crippen LogP contribution in [0.15, 0.2) is 33.7 Å². The molecule has 1 aromatic carbocycles. The SMILES string of the molecule is Cc1noc(C)c1S(=O)(=O)N1CCN(CCCc2cccc(F)c2)CC1. The number of benzene rings is 1. The third-order valence-corrected chi connectivity index (χ3v) is 6.87. The van der Waals surface area contributed by atoms with Gasteiger partial charge in [-0.25, -0.2) is 12.8 Å². The van der Waals surface area contributed by atoms with Crippen molar-refractivity contribution in [1.29, 1.82) is 0 Å². The van der Waals surface area contributed by atoms with Crippen LogP contribution in [0, 0.1) is 19.7 Å². The average molecular weight is 381 g/mol. The van der Waals surface area contributed by atoms with Crippen molar-refractivity contribution in [2.24, 2.45) is 0 Å². The molecule has 1 saturated heterocycles. The molecule has 2 heterocycles. The molecule has 2 aromatic rings. The fourth-order valence-corrected chi connectivity index (χ4v) is 5.08. The lowest BCUT2D eigenvalue weighted by atomic mass is 10.1. The number of rotatable bonds is 6. The number of nitrogens with zero attached hydrogens (tertiary/aromatic N) is 3. The molecular weight excluding hydrogens is 357 g/mol. The van der Waals surface area contributed by atoms with Crippen LogP contribution in [0.1, 0.15) is 23.4 Å². The van der Waals surface area contributed by atoms with Gasteiger partial charge in [-0.1, -0.05) is 17.3 Å². The number of halogens is 1. The van der Waals surface area contributed by atoms with Crippen LogP contribution in [0.3, 0.4) is 0 Å². The smallest absolute Gasteiger partial charge is 0.248 e. The molecule has 1 aromatic heterocycles. The Hall–Kier alpha value is -1.77. The second kappa shape index (κ2) is 7.85. The van der Waals surface area contributed by atoms with Gasteiger partial charge in [0, 0.05) is 26.2 Å². The number of hydrogen-bond donors (Lipinski definition) is 0. The van der Waals surface area contributed by atoms with Crippen LogP contribution < -0.4 is 0 Å². The molecule has 0 amide bonds. The minimum Gasteiger partial charge on any atom is -0.360 e. The molecular formula is C18H24FN3O3S. The number of piperazine rings is 1. The van der Waals surface area contributed by atoms with Gasteiger partial charge in [0.25, 0.3) is 0 Å². The molecule has 3 rings (SSSR count). The molecule has 0 saturated carbocycles. The van der Waals surface area contributed by atoms with Gasteiger partial charge in [0.15, 0.2) is 5.76 Å². The Morgan fingerprint density at radius 3 is 2.54 bits per heavy atom. The van der Waals surface area contributed by atoms with E-state index in [0.29, 0.717) is 37.6 Å². The van der Waals surface area contributed by atoms with E-state index in [1.54, 1.807) is 26.0 Å². The van der Waals surface area contributed by atoms with Crippen LogP contribution in [0.4, 0.5) is 4.39 Å². The topological polar surface area (TPSA) is 66.7 Å². The van der Waals surface area contributed by atoms with Crippen LogP contribution in [0.2, 0.25) is 0 Å². The van der Waals surface area contributed by atoms with Crippen molar-refractivity contribution in [3.8, 4) is 0 Å². The molecule has 0 spiro atoms. The van der Waals surface area contributed by atoms with Crippen molar-refractivity contribution in [1.82, 2.24) is 14.4 Å². The van der Waals surface area contributed by atoms with Crippen LogP contribution in [0.25, 0.3) is 0 Å². The van der Waals surface area contributed by atoms with E-state index in [1.807, 2.05) is 6.07 Å². The van der Waals surface area contributed by atoms with Gasteiger partial charge in [-0.15, -0.1) is 0 Å². The van der Waals surface area contributed by atoms with Crippen molar-refractivity contribution in [3.05, 3.63) is 47.1 Å². The lowest BCUT2D eigenvalue weighted by Gasteiger charge is -2.33. The molecule has 8 heteroatoms. The summed E-state index contributed by atoms with van der Waals surface area (Å²) in [6.07, 6.45) is 1.73. The average Bonchev–Trinajstić information content (AvgIpc) is 2.95. The number of sulfonamides is 1. The van der Waals surface area contributed by atoms with Crippen molar-refractivity contribution in [3.63, 3.8) is 0 Å². The predicted molar refractivity (Wildman–Crippen MR) is 95.9 cm³/mol. The maximum atomic E-state index is 13.2. The van der Waals surface area contributed by atoms with Gasteiger partial charge in [0.1, 0.15) is 16.4 Å². The standard InChI is InChI=1S/C18H24FN3O3S/c1-14-18(15(2)25-20-14)26(23,24)22-11-9-21(10-12-22)8-4-6-16-5-3-7-17(19)13-16/h3,5,7,13H,4,6,8-12H2,1-2H3. The van der Waals surface area contributed by atoms with E-state index in [2.05, 4.69) is 10.1 Å². The fourth-order valence-electron chi connectivity index (χ4n) is 3.36. The first-order valence-electron chi connectivity index (χ1n) is 8.78. The summed E-state index contributed by atoms with van der Waals surface area (Å²) in [5.74, 6) is 0.126. The Bertz CT molecular complexity index is 839. The van der Waals surface area contributed by atoms with Gasteiger partial charge >= 0.3 is 0 Å². The third kappa shape index (κ3) is 4.13. The Labute approximate surface area is 153 Å². The maximum absolute atomic E-state index is 13.2. The Morgan fingerprint density at radius 2 is 1.92 bits per heavy atom. The Kier molecular flexibility index (Phi) is 5.74. The second-order valence-electron chi connectivity index (χ2n) is 6.63. The van der Waals surface area contributed by atoms with Gasteiger partial charge in [0.2, 0.25) is 10.0 Å². The summed E-state index contributed by atoms with van der Waals surface area (Å²) in [5.41, 5.74) is 1.39. The first-order valence-corrected chi connectivity index (χ1v) is 10.2. The largest absolute Gasteiger partial charge is 0.360 e. The Balaban J connectivity index is 1.51. The molecule has 142 valence electrons. The molecule has 6 nitrogen and oxygen atoms in total. The maximum Gasteiger partial charge on any atom is 0.248 e. The zero-order chi connectivity index (χ0) is 18.7. The summed E-state index contributed by atoms with van der Waals surface area (Å²) in [4.78, 5) is 2.44. The molecule has 26 heavy (non-hydrogen) atoms. The highest BCUT2D eigenvalue weighted by Crippen LogP contribution is 2.24. The van der Waals surface area contributed by atoms with E-state index < -0.39 is 10.0 Å². The predicted octanol–water partition coefficient (Wildman–Crippen LogP) is 2.37. The first-order chi connectivity index (χ1) is 12.4. The molecule has 0 radical (unpaired) electrons. The summed E-state index contributed by atoms with van der Waals surface area (Å²) in [7, 11) is -3.56. The van der Waals surface area contributed by atoms with Crippen molar-refractivity contribution >= 4 is 10.0 Å². The highest BCUT2D eigenvalue weighted by atomic mass is 32.2. The van der Waals surface area contributed by atoms with Crippen LogP contribution in [0.5, 0.6) is 0 Å². The van der Waals surface area contributed by atoms with E-state index in [4.69, 9.17) is 4.52 Å².